The molecule has 1 aliphatic rings. The smallest absolute Gasteiger partial charge is 0.178 e. The van der Waals surface area contributed by atoms with Crippen molar-refractivity contribution in [3.8, 4) is 0 Å². The van der Waals surface area contributed by atoms with Gasteiger partial charge in [0.1, 0.15) is 0 Å². The largest absolute Gasteiger partial charge is 0.290 e. The number of benzene rings is 1. The van der Waals surface area contributed by atoms with Crippen molar-refractivity contribution in [1.82, 2.24) is 0 Å². The van der Waals surface area contributed by atoms with E-state index in [0.29, 0.717) is 10.9 Å². The number of carbonyl (C=O) groups is 1. The van der Waals surface area contributed by atoms with Gasteiger partial charge < -0.3 is 0 Å². The normalized spacial score (nSPS) is 21.3. The molecule has 0 heterocycles. The molecule has 2 rings (SSSR count). The second-order valence-electron chi connectivity index (χ2n) is 6.60. The Kier molecular flexibility index (Phi) is 5.42. The Bertz CT molecular complexity index is 618. The molecule has 0 bridgehead atoms. The monoisotopic (exact) mass is 314 g/mol. The number of carbonyl (C=O) groups excluding carboxylic acids is 1. The molecule has 0 saturated carbocycles. The summed E-state index contributed by atoms with van der Waals surface area (Å²) in [5.41, 5.74) is 2.55. The first-order valence-corrected chi connectivity index (χ1v) is 8.09. The molecule has 1 aromatic carbocycles. The number of ketones is 1. The lowest BCUT2D eigenvalue weighted by molar-refractivity contribution is -0.110. The van der Waals surface area contributed by atoms with Gasteiger partial charge in [-0.1, -0.05) is 61.4 Å². The fourth-order valence-corrected chi connectivity index (χ4v) is 3.11. The highest BCUT2D eigenvalue weighted by Crippen LogP contribution is 2.41. The van der Waals surface area contributed by atoms with E-state index in [-0.39, 0.29) is 11.2 Å². The van der Waals surface area contributed by atoms with Crippen molar-refractivity contribution in [2.75, 3.05) is 0 Å². The Morgan fingerprint density at radius 3 is 2.55 bits per heavy atom. The van der Waals surface area contributed by atoms with Gasteiger partial charge in [0.25, 0.3) is 0 Å². The molecule has 1 aliphatic carbocycles. The molecule has 1 unspecified atom stereocenters. The quantitative estimate of drug-likeness (QED) is 0.502. The fourth-order valence-electron chi connectivity index (χ4n) is 2.98. The van der Waals surface area contributed by atoms with Crippen LogP contribution in [-0.2, 0) is 4.79 Å². The molecule has 22 heavy (non-hydrogen) atoms. The van der Waals surface area contributed by atoms with Gasteiger partial charge in [-0.2, -0.15) is 0 Å². The van der Waals surface area contributed by atoms with Crippen LogP contribution in [0.4, 0.5) is 0 Å². The molecule has 0 aliphatic heterocycles. The van der Waals surface area contributed by atoms with Crippen LogP contribution in [0.3, 0.4) is 0 Å². The second-order valence-corrected chi connectivity index (χ2v) is 7.04. The van der Waals surface area contributed by atoms with Crippen molar-refractivity contribution in [3.05, 3.63) is 64.7 Å². The maximum Gasteiger partial charge on any atom is 0.178 e. The third kappa shape index (κ3) is 4.45. The molecule has 0 aromatic heterocycles. The van der Waals surface area contributed by atoms with E-state index < -0.39 is 0 Å². The lowest BCUT2D eigenvalue weighted by Crippen LogP contribution is -2.26. The zero-order chi connectivity index (χ0) is 16.2. The molecule has 0 saturated heterocycles. The van der Waals surface area contributed by atoms with E-state index in [1.54, 1.807) is 12.2 Å². The van der Waals surface area contributed by atoms with Crippen LogP contribution >= 0.6 is 11.6 Å². The summed E-state index contributed by atoms with van der Waals surface area (Å²) in [4.78, 5) is 12.0. The van der Waals surface area contributed by atoms with E-state index in [1.165, 1.54) is 5.57 Å². The van der Waals surface area contributed by atoms with Crippen molar-refractivity contribution < 1.29 is 4.79 Å². The van der Waals surface area contributed by atoms with E-state index in [2.05, 4.69) is 32.9 Å². The summed E-state index contributed by atoms with van der Waals surface area (Å²) in [6, 6.07) is 7.43. The number of hydrogen-bond donors (Lipinski definition) is 0. The first kappa shape index (κ1) is 16.8. The molecule has 1 atom stereocenters. The highest BCUT2D eigenvalue weighted by Gasteiger charge is 2.30. The molecular formula is C20H23ClO. The van der Waals surface area contributed by atoms with Crippen LogP contribution in [0.5, 0.6) is 0 Å². The summed E-state index contributed by atoms with van der Waals surface area (Å²) in [7, 11) is 0. The first-order valence-electron chi connectivity index (χ1n) is 7.71. The Hall–Kier alpha value is -1.60. The van der Waals surface area contributed by atoms with Gasteiger partial charge in [0.05, 0.1) is 0 Å². The maximum absolute atomic E-state index is 12.0. The van der Waals surface area contributed by atoms with E-state index in [1.807, 2.05) is 30.3 Å². The van der Waals surface area contributed by atoms with Crippen molar-refractivity contribution in [3.63, 3.8) is 0 Å². The number of halogens is 1. The van der Waals surface area contributed by atoms with E-state index in [0.717, 1.165) is 18.4 Å². The van der Waals surface area contributed by atoms with Crippen molar-refractivity contribution in [2.24, 2.45) is 11.3 Å². The molecule has 1 nitrogen and oxygen atoms in total. The highest BCUT2D eigenvalue weighted by atomic mass is 35.5. The second kappa shape index (κ2) is 7.11. The summed E-state index contributed by atoms with van der Waals surface area (Å²) >= 11 is 5.84. The Balaban J connectivity index is 2.03. The lowest BCUT2D eigenvalue weighted by Gasteiger charge is -2.36. The van der Waals surface area contributed by atoms with Crippen molar-refractivity contribution in [2.45, 2.75) is 33.6 Å². The molecule has 1 aromatic rings. The van der Waals surface area contributed by atoms with E-state index >= 15 is 0 Å². The van der Waals surface area contributed by atoms with Gasteiger partial charge in [-0.15, -0.1) is 0 Å². The topological polar surface area (TPSA) is 17.1 Å². The van der Waals surface area contributed by atoms with Crippen molar-refractivity contribution in [1.29, 1.82) is 0 Å². The average Bonchev–Trinajstić information content (AvgIpc) is 2.45. The van der Waals surface area contributed by atoms with Crippen LogP contribution in [0.15, 0.2) is 54.1 Å². The van der Waals surface area contributed by atoms with Gasteiger partial charge in [-0.3, -0.25) is 4.79 Å². The molecule has 2 heteroatoms. The third-order valence-electron chi connectivity index (χ3n) is 4.35. The minimum absolute atomic E-state index is 0.0177. The van der Waals surface area contributed by atoms with Gasteiger partial charge >= 0.3 is 0 Å². The standard InChI is InChI=1S/C20H23ClO/c1-15-5-4-14-20(2,3)19(15)13-12-18(22)11-8-16-6-9-17(21)10-7-16/h5-13,19H,4,14H2,1-3H3/b11-8+,13-12+. The predicted octanol–water partition coefficient (Wildman–Crippen LogP) is 5.86. The van der Waals surface area contributed by atoms with Crippen molar-refractivity contribution >= 4 is 23.5 Å². The summed E-state index contributed by atoms with van der Waals surface area (Å²) in [6.45, 7) is 6.70. The van der Waals surface area contributed by atoms with Gasteiger partial charge in [-0.25, -0.2) is 0 Å². The SMILES string of the molecule is CC1=CCCC(C)(C)C1/C=C/C(=O)/C=C/c1ccc(Cl)cc1. The first-order chi connectivity index (χ1) is 10.4. The Morgan fingerprint density at radius 2 is 1.91 bits per heavy atom. The lowest BCUT2D eigenvalue weighted by atomic mass is 9.68. The zero-order valence-corrected chi connectivity index (χ0v) is 14.2. The highest BCUT2D eigenvalue weighted by molar-refractivity contribution is 6.30. The summed E-state index contributed by atoms with van der Waals surface area (Å²) in [6.07, 6.45) is 11.8. The predicted molar refractivity (Wildman–Crippen MR) is 94.9 cm³/mol. The molecule has 116 valence electrons. The minimum atomic E-state index is 0.0177. The Labute approximate surface area is 138 Å². The van der Waals surface area contributed by atoms with Crippen LogP contribution in [0.1, 0.15) is 39.2 Å². The van der Waals surface area contributed by atoms with Crippen LogP contribution < -0.4 is 0 Å². The number of allylic oxidation sites excluding steroid dienone is 5. The molecular weight excluding hydrogens is 292 g/mol. The molecule has 0 amide bonds. The summed E-state index contributed by atoms with van der Waals surface area (Å²) in [5, 5.41) is 0.699. The zero-order valence-electron chi connectivity index (χ0n) is 13.5. The number of hydrogen-bond acceptors (Lipinski definition) is 1. The number of rotatable bonds is 4. The summed E-state index contributed by atoms with van der Waals surface area (Å²) < 4.78 is 0. The van der Waals surface area contributed by atoms with E-state index in [4.69, 9.17) is 11.6 Å². The molecule has 0 N–H and O–H groups in total. The Morgan fingerprint density at radius 1 is 1.23 bits per heavy atom. The van der Waals surface area contributed by atoms with Crippen LogP contribution in [0, 0.1) is 11.3 Å². The molecule has 0 radical (unpaired) electrons. The fraction of sp³-hybridized carbons (Fsp3) is 0.350. The van der Waals surface area contributed by atoms with Crippen LogP contribution in [0.2, 0.25) is 5.02 Å². The molecule has 0 spiro atoms. The van der Waals surface area contributed by atoms with Gasteiger partial charge in [0, 0.05) is 10.9 Å². The average molecular weight is 315 g/mol. The van der Waals surface area contributed by atoms with Gasteiger partial charge in [-0.05, 0) is 55.0 Å². The maximum atomic E-state index is 12.0. The summed E-state index contributed by atoms with van der Waals surface area (Å²) in [5.74, 6) is 0.359. The minimum Gasteiger partial charge on any atom is -0.290 e. The van der Waals surface area contributed by atoms with Gasteiger partial charge in [0.2, 0.25) is 0 Å². The third-order valence-corrected chi connectivity index (χ3v) is 4.60. The van der Waals surface area contributed by atoms with E-state index in [9.17, 15) is 4.79 Å². The van der Waals surface area contributed by atoms with Crippen LogP contribution in [0.25, 0.3) is 6.08 Å². The molecule has 0 fully saturated rings. The van der Waals surface area contributed by atoms with Gasteiger partial charge in [0.15, 0.2) is 5.78 Å². The van der Waals surface area contributed by atoms with Crippen LogP contribution in [-0.4, -0.2) is 5.78 Å².